The smallest absolute Gasteiger partial charge is 0.319 e. The normalized spacial score (nSPS) is 27.2. The number of aromatic nitrogens is 3. The summed E-state index contributed by atoms with van der Waals surface area (Å²) in [5.41, 5.74) is -0.0618. The van der Waals surface area contributed by atoms with Crippen LogP contribution < -0.4 is 15.0 Å². The molecule has 0 unspecified atom stereocenters. The molecular formula is C31H29F3N6OS. The number of anilines is 1. The molecule has 4 aliphatic rings. The van der Waals surface area contributed by atoms with Crippen molar-refractivity contribution in [2.24, 2.45) is 0 Å². The van der Waals surface area contributed by atoms with Crippen molar-refractivity contribution in [2.75, 3.05) is 37.7 Å². The molecule has 42 heavy (non-hydrogen) atoms. The number of thiophene rings is 1. The third-order valence-corrected chi connectivity index (χ3v) is 10.4. The highest BCUT2D eigenvalue weighted by atomic mass is 32.1. The average molecular weight is 591 g/mol. The van der Waals surface area contributed by atoms with E-state index in [1.54, 1.807) is 11.4 Å². The summed E-state index contributed by atoms with van der Waals surface area (Å²) in [5.74, 6) is 1.46. The highest BCUT2D eigenvalue weighted by Gasteiger charge is 2.49. The fraction of sp³-hybridized carbons (Fsp3) is 0.452. The monoisotopic (exact) mass is 590 g/mol. The van der Waals surface area contributed by atoms with Crippen LogP contribution in [-0.2, 0) is 0 Å². The van der Waals surface area contributed by atoms with Gasteiger partial charge in [-0.1, -0.05) is 5.92 Å². The van der Waals surface area contributed by atoms with Gasteiger partial charge in [-0.15, -0.1) is 17.8 Å². The highest BCUT2D eigenvalue weighted by molar-refractivity contribution is 7.17. The lowest BCUT2D eigenvalue weighted by Gasteiger charge is -2.34. The number of nitrogens with zero attached hydrogens (tertiary/aromatic N) is 5. The number of alkyl halides is 1. The Morgan fingerprint density at radius 2 is 2.02 bits per heavy atom. The first-order chi connectivity index (χ1) is 20.4. The second kappa shape index (κ2) is 9.79. The van der Waals surface area contributed by atoms with Crippen LogP contribution in [0.5, 0.6) is 6.01 Å². The molecule has 216 valence electrons. The Morgan fingerprint density at radius 3 is 2.83 bits per heavy atom. The lowest BCUT2D eigenvalue weighted by atomic mass is 9.95. The lowest BCUT2D eigenvalue weighted by Crippen LogP contribution is -2.51. The minimum Gasteiger partial charge on any atom is -0.461 e. The Kier molecular flexibility index (Phi) is 6.11. The Bertz CT molecular complexity index is 1760. The molecule has 8 rings (SSSR count). The van der Waals surface area contributed by atoms with Gasteiger partial charge in [0.2, 0.25) is 0 Å². The number of hydrogen-bond donors (Lipinski definition) is 1. The van der Waals surface area contributed by atoms with E-state index < -0.39 is 23.3 Å². The molecule has 0 aliphatic carbocycles. The van der Waals surface area contributed by atoms with Gasteiger partial charge >= 0.3 is 6.01 Å². The molecule has 4 saturated heterocycles. The molecule has 1 aromatic carbocycles. The first-order valence-corrected chi connectivity index (χ1v) is 15.4. The number of terminal acetylenes is 1. The molecule has 1 N–H and O–H groups in total. The van der Waals surface area contributed by atoms with Crippen LogP contribution in [0.2, 0.25) is 0 Å². The molecule has 4 atom stereocenters. The number of piperazine rings is 1. The zero-order chi connectivity index (χ0) is 28.6. The zero-order valence-electron chi connectivity index (χ0n) is 22.9. The maximum Gasteiger partial charge on any atom is 0.319 e. The number of hydrogen-bond acceptors (Lipinski definition) is 8. The van der Waals surface area contributed by atoms with Crippen LogP contribution in [-0.4, -0.2) is 76.4 Å². The summed E-state index contributed by atoms with van der Waals surface area (Å²) < 4.78 is 54.0. The topological polar surface area (TPSA) is 66.4 Å². The molecule has 4 aromatic rings. The van der Waals surface area contributed by atoms with Crippen molar-refractivity contribution < 1.29 is 17.9 Å². The molecule has 0 radical (unpaired) electrons. The Morgan fingerprint density at radius 1 is 1.19 bits per heavy atom. The molecule has 7 nitrogen and oxygen atoms in total. The number of nitrogens with one attached hydrogen (secondary N) is 1. The molecule has 0 spiro atoms. The molecule has 0 saturated carbocycles. The van der Waals surface area contributed by atoms with Gasteiger partial charge < -0.3 is 15.0 Å². The van der Waals surface area contributed by atoms with Gasteiger partial charge in [0.25, 0.3) is 0 Å². The second-order valence-electron chi connectivity index (χ2n) is 12.0. The van der Waals surface area contributed by atoms with E-state index in [2.05, 4.69) is 31.0 Å². The summed E-state index contributed by atoms with van der Waals surface area (Å²) in [7, 11) is 0. The van der Waals surface area contributed by atoms with E-state index >= 15 is 8.78 Å². The van der Waals surface area contributed by atoms with Crippen molar-refractivity contribution in [1.82, 2.24) is 25.2 Å². The number of halogens is 3. The summed E-state index contributed by atoms with van der Waals surface area (Å²) in [5, 5.41) is 6.20. The minimum absolute atomic E-state index is 0.00869. The third kappa shape index (κ3) is 4.07. The van der Waals surface area contributed by atoms with Crippen LogP contribution in [0, 0.1) is 24.0 Å². The van der Waals surface area contributed by atoms with Gasteiger partial charge in [0.1, 0.15) is 29.9 Å². The molecular weight excluding hydrogens is 561 g/mol. The SMILES string of the molecule is C#Cc1csc2ccnc(-c3c(F)cc4c(N5C[C@H]6CC[C@@H](C5)N6)nc(OC[C@@]56CCCN5C[C@H](F)C6)nc4c3F)c12. The van der Waals surface area contributed by atoms with E-state index in [0.29, 0.717) is 42.8 Å². The fourth-order valence-electron chi connectivity index (χ4n) is 7.58. The molecule has 7 heterocycles. The molecule has 11 heteroatoms. The van der Waals surface area contributed by atoms with Crippen LogP contribution >= 0.6 is 11.3 Å². The first-order valence-electron chi connectivity index (χ1n) is 14.5. The van der Waals surface area contributed by atoms with Gasteiger partial charge in [0, 0.05) is 70.8 Å². The lowest BCUT2D eigenvalue weighted by molar-refractivity contribution is 0.107. The van der Waals surface area contributed by atoms with Gasteiger partial charge in [-0.05, 0) is 44.4 Å². The summed E-state index contributed by atoms with van der Waals surface area (Å²) >= 11 is 1.40. The maximum atomic E-state index is 16.6. The molecule has 2 bridgehead atoms. The number of pyridine rings is 1. The molecule has 4 aliphatic heterocycles. The van der Waals surface area contributed by atoms with Crippen LogP contribution in [0.3, 0.4) is 0 Å². The zero-order valence-corrected chi connectivity index (χ0v) is 23.7. The Balaban J connectivity index is 1.27. The van der Waals surface area contributed by atoms with Crippen LogP contribution in [0.15, 0.2) is 23.7 Å². The first kappa shape index (κ1) is 26.2. The van der Waals surface area contributed by atoms with E-state index in [0.717, 1.165) is 36.9 Å². The van der Waals surface area contributed by atoms with Gasteiger partial charge in [0.05, 0.1) is 16.8 Å². The van der Waals surface area contributed by atoms with Crippen molar-refractivity contribution in [3.63, 3.8) is 0 Å². The van der Waals surface area contributed by atoms with Crippen molar-refractivity contribution in [1.29, 1.82) is 0 Å². The largest absolute Gasteiger partial charge is 0.461 e. The van der Waals surface area contributed by atoms with Crippen molar-refractivity contribution >= 4 is 38.1 Å². The van der Waals surface area contributed by atoms with Crippen molar-refractivity contribution in [2.45, 2.75) is 55.9 Å². The van der Waals surface area contributed by atoms with Crippen LogP contribution in [0.25, 0.3) is 32.2 Å². The van der Waals surface area contributed by atoms with E-state index in [1.807, 2.05) is 0 Å². The molecule has 3 aromatic heterocycles. The average Bonchev–Trinajstić information content (AvgIpc) is 3.73. The summed E-state index contributed by atoms with van der Waals surface area (Å²) in [4.78, 5) is 17.9. The van der Waals surface area contributed by atoms with E-state index in [1.165, 1.54) is 23.6 Å². The molecule has 0 amide bonds. The quantitative estimate of drug-likeness (QED) is 0.326. The van der Waals surface area contributed by atoms with Crippen LogP contribution in [0.1, 0.15) is 37.7 Å². The van der Waals surface area contributed by atoms with Gasteiger partial charge in [-0.25, -0.2) is 13.2 Å². The standard InChI is InChI=1S/C31H29F3N6OS/c1-2-17-15-42-23-6-8-35-28(24(17)23)25-22(33)10-21-27(26(25)34)37-30(38-29(21)39-13-19-4-5-20(14-39)36-19)41-16-31-7-3-9-40(31)12-18(32)11-31/h1,6,8,10,15,18-20,36H,3-5,7,9,11-14,16H2/t18-,19-,20+,31+/m1/s1. The summed E-state index contributed by atoms with van der Waals surface area (Å²) in [6, 6.07) is 3.65. The summed E-state index contributed by atoms with van der Waals surface area (Å²) in [6.45, 7) is 2.76. The Hall–Kier alpha value is -3.46. The second-order valence-corrected chi connectivity index (χ2v) is 12.9. The third-order valence-electron chi connectivity index (χ3n) is 9.47. The van der Waals surface area contributed by atoms with Gasteiger partial charge in [-0.2, -0.15) is 9.97 Å². The van der Waals surface area contributed by atoms with Gasteiger partial charge in [0.15, 0.2) is 5.82 Å². The van der Waals surface area contributed by atoms with Crippen LogP contribution in [0.4, 0.5) is 19.0 Å². The van der Waals surface area contributed by atoms with Crippen molar-refractivity contribution in [3.8, 4) is 29.6 Å². The van der Waals surface area contributed by atoms with E-state index in [9.17, 15) is 4.39 Å². The number of rotatable bonds is 5. The fourth-order valence-corrected chi connectivity index (χ4v) is 8.47. The van der Waals surface area contributed by atoms with Gasteiger partial charge in [-0.3, -0.25) is 9.88 Å². The summed E-state index contributed by atoms with van der Waals surface area (Å²) in [6.07, 6.45) is 10.6. The number of ether oxygens (including phenoxy) is 1. The number of fused-ring (bicyclic) bond motifs is 5. The predicted octanol–water partition coefficient (Wildman–Crippen LogP) is 5.06. The molecule has 4 fully saturated rings. The highest BCUT2D eigenvalue weighted by Crippen LogP contribution is 2.42. The maximum absolute atomic E-state index is 16.6. The minimum atomic E-state index is -0.901. The van der Waals surface area contributed by atoms with E-state index in [-0.39, 0.29) is 46.9 Å². The Labute approximate surface area is 245 Å². The predicted molar refractivity (Wildman–Crippen MR) is 157 cm³/mol. The van der Waals surface area contributed by atoms with Crippen molar-refractivity contribution in [3.05, 3.63) is 40.9 Å². The van der Waals surface area contributed by atoms with E-state index in [4.69, 9.17) is 16.1 Å². The number of benzene rings is 1.